The van der Waals surface area contributed by atoms with Crippen molar-refractivity contribution in [3.63, 3.8) is 0 Å². The number of hydrogen-bond acceptors (Lipinski definition) is 4. The first-order valence-electron chi connectivity index (χ1n) is 5.90. The number of anilines is 1. The first kappa shape index (κ1) is 12.6. The van der Waals surface area contributed by atoms with Gasteiger partial charge in [0.25, 0.3) is 0 Å². The minimum atomic E-state index is 0.812. The van der Waals surface area contributed by atoms with Crippen LogP contribution in [0.2, 0.25) is 0 Å². The Morgan fingerprint density at radius 3 is 3.00 bits per heavy atom. The van der Waals surface area contributed by atoms with Crippen LogP contribution in [0.3, 0.4) is 0 Å². The highest BCUT2D eigenvalue weighted by Gasteiger charge is 2.05. The minimum Gasteiger partial charge on any atom is -0.379 e. The van der Waals surface area contributed by atoms with Gasteiger partial charge in [0, 0.05) is 23.4 Å². The second-order valence-electron chi connectivity index (χ2n) is 4.31. The van der Waals surface area contributed by atoms with Gasteiger partial charge < -0.3 is 5.32 Å². The Balaban J connectivity index is 1.91. The molecule has 0 amide bonds. The summed E-state index contributed by atoms with van der Waals surface area (Å²) in [6.07, 6.45) is 3.60. The Labute approximate surface area is 123 Å². The summed E-state index contributed by atoms with van der Waals surface area (Å²) in [6.45, 7) is 2.94. The van der Waals surface area contributed by atoms with Crippen LogP contribution in [0.25, 0.3) is 11.0 Å². The highest BCUT2D eigenvalue weighted by Crippen LogP contribution is 2.23. The molecule has 0 radical (unpaired) electrons. The molecule has 3 heterocycles. The molecule has 0 unspecified atom stereocenters. The van der Waals surface area contributed by atoms with E-state index in [4.69, 9.17) is 0 Å². The van der Waals surface area contributed by atoms with Crippen LogP contribution < -0.4 is 5.32 Å². The largest absolute Gasteiger partial charge is 0.379 e. The summed E-state index contributed by atoms with van der Waals surface area (Å²) in [5.41, 5.74) is 5.46. The fourth-order valence-electron chi connectivity index (χ4n) is 1.91. The molecule has 0 bridgehead atoms. The van der Waals surface area contributed by atoms with Gasteiger partial charge >= 0.3 is 0 Å². The van der Waals surface area contributed by atoms with Crippen molar-refractivity contribution in [2.75, 3.05) is 5.32 Å². The quantitative estimate of drug-likeness (QED) is 0.773. The van der Waals surface area contributed by atoms with Crippen molar-refractivity contribution in [3.8, 4) is 0 Å². The Kier molecular flexibility index (Phi) is 3.48. The normalized spacial score (nSPS) is 10.8. The zero-order valence-electron chi connectivity index (χ0n) is 10.4. The lowest BCUT2D eigenvalue weighted by Crippen LogP contribution is -2.01. The van der Waals surface area contributed by atoms with E-state index in [1.165, 1.54) is 11.1 Å². The number of aryl methyl sites for hydroxylation is 1. The van der Waals surface area contributed by atoms with E-state index in [2.05, 4.69) is 48.9 Å². The number of rotatable bonds is 3. The lowest BCUT2D eigenvalue weighted by Gasteiger charge is -2.08. The Morgan fingerprint density at radius 2 is 2.21 bits per heavy atom. The van der Waals surface area contributed by atoms with Gasteiger partial charge in [-0.3, -0.25) is 9.97 Å². The maximum absolute atomic E-state index is 4.43. The molecule has 0 aliphatic carbocycles. The molecule has 3 aromatic rings. The summed E-state index contributed by atoms with van der Waals surface area (Å²) in [5, 5.41) is 7.78. The number of pyridine rings is 2. The van der Waals surface area contributed by atoms with Gasteiger partial charge in [-0.2, -0.15) is 11.3 Å². The third kappa shape index (κ3) is 2.62. The van der Waals surface area contributed by atoms with E-state index in [0.717, 1.165) is 27.7 Å². The van der Waals surface area contributed by atoms with Crippen LogP contribution in [-0.4, -0.2) is 9.97 Å². The zero-order chi connectivity index (χ0) is 13.2. The maximum Gasteiger partial charge on any atom is 0.112 e. The second kappa shape index (κ2) is 5.27. The maximum atomic E-state index is 4.43. The molecule has 0 fully saturated rings. The molecule has 1 N–H and O–H groups in total. The summed E-state index contributed by atoms with van der Waals surface area (Å²) in [7, 11) is 0. The number of fused-ring (bicyclic) bond motifs is 1. The molecule has 0 saturated heterocycles. The van der Waals surface area contributed by atoms with Crippen molar-refractivity contribution >= 4 is 44.0 Å². The molecule has 0 atom stereocenters. The van der Waals surface area contributed by atoms with Crippen LogP contribution in [0.15, 0.2) is 39.8 Å². The van der Waals surface area contributed by atoms with Crippen LogP contribution in [0, 0.1) is 6.92 Å². The molecule has 0 saturated carbocycles. The van der Waals surface area contributed by atoms with Crippen molar-refractivity contribution < 1.29 is 0 Å². The van der Waals surface area contributed by atoms with E-state index in [1.807, 2.05) is 12.1 Å². The number of thiophene rings is 1. The molecule has 96 valence electrons. The molecule has 19 heavy (non-hydrogen) atoms. The van der Waals surface area contributed by atoms with Gasteiger partial charge in [-0.05, 0) is 56.9 Å². The van der Waals surface area contributed by atoms with Crippen LogP contribution in [-0.2, 0) is 6.54 Å². The standard InChI is InChI=1S/C14H12BrN3S/c1-9-7-19-8-10(9)5-17-12-2-3-16-13-4-11(15)6-18-14(12)13/h2-4,6-8H,5H2,1H3,(H,16,17). The number of aromatic nitrogens is 2. The third-order valence-corrected chi connectivity index (χ3v) is 4.32. The lowest BCUT2D eigenvalue weighted by molar-refractivity contribution is 1.13. The van der Waals surface area contributed by atoms with Gasteiger partial charge in [-0.25, -0.2) is 0 Å². The minimum absolute atomic E-state index is 0.812. The predicted molar refractivity (Wildman–Crippen MR) is 83.6 cm³/mol. The van der Waals surface area contributed by atoms with Crippen LogP contribution in [0.4, 0.5) is 5.69 Å². The number of halogens is 1. The summed E-state index contributed by atoms with van der Waals surface area (Å²) in [4.78, 5) is 8.77. The number of nitrogens with zero attached hydrogens (tertiary/aromatic N) is 2. The summed E-state index contributed by atoms with van der Waals surface area (Å²) in [5.74, 6) is 0. The van der Waals surface area contributed by atoms with Crippen LogP contribution in [0.5, 0.6) is 0 Å². The van der Waals surface area contributed by atoms with Crippen molar-refractivity contribution in [1.82, 2.24) is 9.97 Å². The predicted octanol–water partition coefficient (Wildman–Crippen LogP) is 4.37. The smallest absolute Gasteiger partial charge is 0.112 e. The van der Waals surface area contributed by atoms with E-state index in [9.17, 15) is 0 Å². The van der Waals surface area contributed by atoms with Crippen LogP contribution in [0.1, 0.15) is 11.1 Å². The fraction of sp³-hybridized carbons (Fsp3) is 0.143. The van der Waals surface area contributed by atoms with Crippen molar-refractivity contribution in [2.24, 2.45) is 0 Å². The molecule has 0 aliphatic heterocycles. The molecule has 3 rings (SSSR count). The SMILES string of the molecule is Cc1cscc1CNc1ccnc2cc(Br)cnc12. The molecule has 5 heteroatoms. The Hall–Kier alpha value is -1.46. The fourth-order valence-corrected chi connectivity index (χ4v) is 3.08. The topological polar surface area (TPSA) is 37.8 Å². The highest BCUT2D eigenvalue weighted by atomic mass is 79.9. The molecule has 0 spiro atoms. The van der Waals surface area contributed by atoms with Gasteiger partial charge in [-0.15, -0.1) is 0 Å². The van der Waals surface area contributed by atoms with Crippen molar-refractivity contribution in [1.29, 1.82) is 0 Å². The molecule has 0 aliphatic rings. The summed E-state index contributed by atoms with van der Waals surface area (Å²) >= 11 is 5.15. The van der Waals surface area contributed by atoms with Gasteiger partial charge in [0.05, 0.1) is 11.2 Å². The number of nitrogens with one attached hydrogen (secondary N) is 1. The average molecular weight is 334 g/mol. The van der Waals surface area contributed by atoms with Crippen molar-refractivity contribution in [3.05, 3.63) is 50.9 Å². The molecular weight excluding hydrogens is 322 g/mol. The summed E-state index contributed by atoms with van der Waals surface area (Å²) < 4.78 is 0.943. The van der Waals surface area contributed by atoms with Gasteiger partial charge in [0.1, 0.15) is 5.52 Å². The Bertz CT molecular complexity index is 724. The molecule has 0 aromatic carbocycles. The van der Waals surface area contributed by atoms with E-state index in [0.29, 0.717) is 0 Å². The number of hydrogen-bond donors (Lipinski definition) is 1. The van der Waals surface area contributed by atoms with Gasteiger partial charge in [0.2, 0.25) is 0 Å². The Morgan fingerprint density at radius 1 is 1.32 bits per heavy atom. The first-order valence-corrected chi connectivity index (χ1v) is 7.63. The average Bonchev–Trinajstić information content (AvgIpc) is 2.81. The highest BCUT2D eigenvalue weighted by molar-refractivity contribution is 9.10. The van der Waals surface area contributed by atoms with Gasteiger partial charge in [-0.1, -0.05) is 0 Å². The van der Waals surface area contributed by atoms with E-state index >= 15 is 0 Å². The van der Waals surface area contributed by atoms with E-state index in [1.54, 1.807) is 23.7 Å². The monoisotopic (exact) mass is 333 g/mol. The first-order chi connectivity index (χ1) is 9.24. The second-order valence-corrected chi connectivity index (χ2v) is 5.97. The third-order valence-electron chi connectivity index (χ3n) is 2.98. The van der Waals surface area contributed by atoms with E-state index < -0.39 is 0 Å². The molecule has 3 aromatic heterocycles. The van der Waals surface area contributed by atoms with Crippen molar-refractivity contribution in [2.45, 2.75) is 13.5 Å². The summed E-state index contributed by atoms with van der Waals surface area (Å²) in [6, 6.07) is 3.94. The lowest BCUT2D eigenvalue weighted by atomic mass is 10.2. The van der Waals surface area contributed by atoms with Gasteiger partial charge in [0.15, 0.2) is 0 Å². The zero-order valence-corrected chi connectivity index (χ0v) is 12.8. The molecular formula is C14H12BrN3S. The van der Waals surface area contributed by atoms with Crippen LogP contribution >= 0.6 is 27.3 Å². The van der Waals surface area contributed by atoms with E-state index in [-0.39, 0.29) is 0 Å². The molecule has 3 nitrogen and oxygen atoms in total.